The molecular weight excluding hydrogens is 340 g/mol. The van der Waals surface area contributed by atoms with E-state index in [1.807, 2.05) is 0 Å². The van der Waals surface area contributed by atoms with Crippen LogP contribution in [-0.2, 0) is 5.41 Å². The normalized spacial score (nSPS) is 19.0. The molecule has 1 nitrogen and oxygen atoms in total. The second kappa shape index (κ2) is 9.78. The first-order valence-electron chi connectivity index (χ1n) is 10.7. The third-order valence-corrected chi connectivity index (χ3v) is 5.91. The number of hydrogen-bond donors (Lipinski definition) is 0. The summed E-state index contributed by atoms with van der Waals surface area (Å²) in [4.78, 5) is 0. The van der Waals surface area contributed by atoms with Crippen LogP contribution < -0.4 is 4.74 Å². The van der Waals surface area contributed by atoms with Crippen molar-refractivity contribution in [3.63, 3.8) is 0 Å². The monoisotopic (exact) mass is 374 g/mol. The smallest absolute Gasteiger partial charge is 0.119 e. The second-order valence-corrected chi connectivity index (χ2v) is 8.22. The maximum atomic E-state index is 6.05. The predicted molar refractivity (Wildman–Crippen MR) is 121 cm³/mol. The highest BCUT2D eigenvalue weighted by Crippen LogP contribution is 2.46. The lowest BCUT2D eigenvalue weighted by molar-refractivity contribution is 0.341. The molecule has 1 aromatic rings. The molecule has 1 saturated carbocycles. The number of allylic oxidation sites excluding steroid dienone is 8. The van der Waals surface area contributed by atoms with E-state index in [0.717, 1.165) is 12.2 Å². The molecular formula is C27H34O. The highest BCUT2D eigenvalue weighted by molar-refractivity contribution is 5.45. The first-order valence-corrected chi connectivity index (χ1v) is 10.7. The molecule has 1 fully saturated rings. The van der Waals surface area contributed by atoms with Gasteiger partial charge in [-0.2, -0.15) is 0 Å². The first kappa shape index (κ1) is 20.5. The maximum absolute atomic E-state index is 6.05. The SMILES string of the molecule is C/C=C(\C=C(C)C)COc1ccc(C2(C3=CCC=CC=C3)CCCCC2)cc1. The Balaban J connectivity index is 1.79. The van der Waals surface area contributed by atoms with E-state index in [2.05, 4.69) is 87.6 Å². The van der Waals surface area contributed by atoms with Crippen LogP contribution in [0.15, 0.2) is 83.5 Å². The lowest BCUT2D eigenvalue weighted by Crippen LogP contribution is -2.30. The average Bonchev–Trinajstić information content (AvgIpc) is 3.02. The van der Waals surface area contributed by atoms with Gasteiger partial charge in [0.05, 0.1) is 0 Å². The summed E-state index contributed by atoms with van der Waals surface area (Å²) in [6.07, 6.45) is 23.2. The molecule has 1 aromatic carbocycles. The zero-order chi connectivity index (χ0) is 19.8. The summed E-state index contributed by atoms with van der Waals surface area (Å²) >= 11 is 0. The molecule has 0 radical (unpaired) electrons. The summed E-state index contributed by atoms with van der Waals surface area (Å²) in [5.74, 6) is 0.947. The van der Waals surface area contributed by atoms with Crippen LogP contribution in [0.5, 0.6) is 5.75 Å². The van der Waals surface area contributed by atoms with E-state index in [0.29, 0.717) is 6.61 Å². The van der Waals surface area contributed by atoms with Gasteiger partial charge in [0, 0.05) is 5.41 Å². The van der Waals surface area contributed by atoms with Crippen LogP contribution in [0.3, 0.4) is 0 Å². The molecule has 2 aliphatic carbocycles. The molecule has 2 aliphatic rings. The Morgan fingerprint density at radius 1 is 1.04 bits per heavy atom. The molecule has 0 N–H and O–H groups in total. The molecule has 0 unspecified atom stereocenters. The Kier molecular flexibility index (Phi) is 7.14. The van der Waals surface area contributed by atoms with E-state index in [1.54, 1.807) is 0 Å². The van der Waals surface area contributed by atoms with Crippen molar-refractivity contribution in [2.24, 2.45) is 0 Å². The molecule has 0 heterocycles. The van der Waals surface area contributed by atoms with Gasteiger partial charge in [0.15, 0.2) is 0 Å². The van der Waals surface area contributed by atoms with Gasteiger partial charge in [0.2, 0.25) is 0 Å². The Bertz CT molecular complexity index is 789. The summed E-state index contributed by atoms with van der Waals surface area (Å²) in [5.41, 5.74) is 5.61. The molecule has 0 spiro atoms. The fourth-order valence-corrected chi connectivity index (χ4v) is 4.45. The summed E-state index contributed by atoms with van der Waals surface area (Å²) in [6, 6.07) is 8.90. The molecule has 0 amide bonds. The summed E-state index contributed by atoms with van der Waals surface area (Å²) < 4.78 is 6.05. The minimum Gasteiger partial charge on any atom is -0.489 e. The summed E-state index contributed by atoms with van der Waals surface area (Å²) in [6.45, 7) is 6.92. The molecule has 0 aromatic heterocycles. The fourth-order valence-electron chi connectivity index (χ4n) is 4.45. The molecule has 148 valence electrons. The van der Waals surface area contributed by atoms with Crippen LogP contribution in [0, 0.1) is 0 Å². The van der Waals surface area contributed by atoms with Gasteiger partial charge >= 0.3 is 0 Å². The van der Waals surface area contributed by atoms with Gasteiger partial charge in [-0.25, -0.2) is 0 Å². The van der Waals surface area contributed by atoms with Crippen LogP contribution in [0.4, 0.5) is 0 Å². The zero-order valence-electron chi connectivity index (χ0n) is 17.7. The quantitative estimate of drug-likeness (QED) is 0.465. The number of ether oxygens (including phenoxy) is 1. The van der Waals surface area contributed by atoms with Gasteiger partial charge in [-0.3, -0.25) is 0 Å². The Hall–Kier alpha value is -2.28. The van der Waals surface area contributed by atoms with Gasteiger partial charge < -0.3 is 4.74 Å². The molecule has 28 heavy (non-hydrogen) atoms. The van der Waals surface area contributed by atoms with Crippen molar-refractivity contribution in [2.75, 3.05) is 6.61 Å². The Labute approximate surface area is 171 Å². The van der Waals surface area contributed by atoms with E-state index < -0.39 is 0 Å². The number of benzene rings is 1. The van der Waals surface area contributed by atoms with Crippen molar-refractivity contribution in [3.05, 3.63) is 89.1 Å². The van der Waals surface area contributed by atoms with Crippen LogP contribution in [0.25, 0.3) is 0 Å². The number of rotatable bonds is 6. The number of hydrogen-bond acceptors (Lipinski definition) is 1. The Morgan fingerprint density at radius 2 is 1.79 bits per heavy atom. The minimum atomic E-state index is 0.163. The van der Waals surface area contributed by atoms with Crippen molar-refractivity contribution in [1.29, 1.82) is 0 Å². The largest absolute Gasteiger partial charge is 0.489 e. The van der Waals surface area contributed by atoms with Gasteiger partial charge in [-0.1, -0.05) is 79.5 Å². The van der Waals surface area contributed by atoms with Crippen LogP contribution >= 0.6 is 0 Å². The standard InChI is InChI=1S/C27H34O/c1-4-23(20-22(2)3)21-28-26-16-14-25(15-17-26)27(18-10-7-11-19-27)24-12-8-5-6-9-13-24/h4-6,8,12-17,20H,7,9-11,18-19,21H2,1-3H3/b23-4+. The van der Waals surface area contributed by atoms with Crippen molar-refractivity contribution >= 4 is 0 Å². The van der Waals surface area contributed by atoms with E-state index in [-0.39, 0.29) is 5.41 Å². The molecule has 0 saturated heterocycles. The van der Waals surface area contributed by atoms with Crippen molar-refractivity contribution in [2.45, 2.75) is 64.7 Å². The summed E-state index contributed by atoms with van der Waals surface area (Å²) in [5, 5.41) is 0. The molecule has 0 bridgehead atoms. The Morgan fingerprint density at radius 3 is 2.46 bits per heavy atom. The van der Waals surface area contributed by atoms with Crippen LogP contribution in [-0.4, -0.2) is 6.61 Å². The average molecular weight is 375 g/mol. The van der Waals surface area contributed by atoms with E-state index in [9.17, 15) is 0 Å². The molecule has 1 heteroatoms. The van der Waals surface area contributed by atoms with Crippen molar-refractivity contribution in [3.8, 4) is 5.75 Å². The third-order valence-electron chi connectivity index (χ3n) is 5.91. The van der Waals surface area contributed by atoms with Crippen LogP contribution in [0.1, 0.15) is 64.9 Å². The molecule has 0 aliphatic heterocycles. The van der Waals surface area contributed by atoms with Gasteiger partial charge in [-0.15, -0.1) is 0 Å². The van der Waals surface area contributed by atoms with E-state index >= 15 is 0 Å². The fraction of sp³-hybridized carbons (Fsp3) is 0.407. The second-order valence-electron chi connectivity index (χ2n) is 8.22. The lowest BCUT2D eigenvalue weighted by atomic mass is 9.64. The third kappa shape index (κ3) is 4.95. The minimum absolute atomic E-state index is 0.163. The van der Waals surface area contributed by atoms with Crippen molar-refractivity contribution < 1.29 is 4.74 Å². The lowest BCUT2D eigenvalue weighted by Gasteiger charge is -2.39. The summed E-state index contributed by atoms with van der Waals surface area (Å²) in [7, 11) is 0. The highest BCUT2D eigenvalue weighted by atomic mass is 16.5. The van der Waals surface area contributed by atoms with Gasteiger partial charge in [-0.05, 0) is 68.9 Å². The van der Waals surface area contributed by atoms with Crippen molar-refractivity contribution in [1.82, 2.24) is 0 Å². The van der Waals surface area contributed by atoms with Crippen LogP contribution in [0.2, 0.25) is 0 Å². The zero-order valence-corrected chi connectivity index (χ0v) is 17.7. The van der Waals surface area contributed by atoms with Gasteiger partial charge in [0.1, 0.15) is 12.4 Å². The predicted octanol–water partition coefficient (Wildman–Crippen LogP) is 7.62. The maximum Gasteiger partial charge on any atom is 0.119 e. The van der Waals surface area contributed by atoms with Gasteiger partial charge in [0.25, 0.3) is 0 Å². The molecule has 0 atom stereocenters. The topological polar surface area (TPSA) is 9.23 Å². The first-order chi connectivity index (χ1) is 13.6. The highest BCUT2D eigenvalue weighted by Gasteiger charge is 2.36. The van der Waals surface area contributed by atoms with E-state index in [1.165, 1.54) is 54.4 Å². The van der Waals surface area contributed by atoms with E-state index in [4.69, 9.17) is 4.74 Å². The molecule has 3 rings (SSSR count).